The third kappa shape index (κ3) is 2.95. The van der Waals surface area contributed by atoms with E-state index in [1.54, 1.807) is 0 Å². The molecule has 0 atom stereocenters. The Hall–Kier alpha value is -4.68. The lowest BCUT2D eigenvalue weighted by Crippen LogP contribution is -1.88. The van der Waals surface area contributed by atoms with Crippen molar-refractivity contribution in [3.63, 3.8) is 0 Å². The van der Waals surface area contributed by atoms with Crippen LogP contribution in [0.15, 0.2) is 133 Å². The topological polar surface area (TPSA) is 0 Å². The van der Waals surface area contributed by atoms with Crippen LogP contribution < -0.4 is 0 Å². The maximum Gasteiger partial charge on any atom is -0.00264 e. The molecule has 0 heterocycles. The minimum atomic E-state index is 1.26. The van der Waals surface area contributed by atoms with Gasteiger partial charge in [-0.05, 0) is 113 Å². The van der Waals surface area contributed by atoms with Crippen LogP contribution in [-0.2, 0) is 0 Å². The minimum absolute atomic E-state index is 1.26. The Morgan fingerprint density at radius 1 is 0.222 bits per heavy atom. The predicted molar refractivity (Wildman–Crippen MR) is 156 cm³/mol. The first kappa shape index (κ1) is 19.6. The van der Waals surface area contributed by atoms with Gasteiger partial charge in [-0.15, -0.1) is 0 Å². The predicted octanol–water partition coefficient (Wildman–Crippen LogP) is 10.2. The first-order valence-electron chi connectivity index (χ1n) is 12.5. The number of hydrogen-bond donors (Lipinski definition) is 0. The number of rotatable bonds is 2. The van der Waals surface area contributed by atoms with E-state index in [0.717, 1.165) is 0 Å². The van der Waals surface area contributed by atoms with Gasteiger partial charge in [0.05, 0.1) is 0 Å². The molecule has 166 valence electrons. The Balaban J connectivity index is 1.32. The van der Waals surface area contributed by atoms with Crippen molar-refractivity contribution in [3.05, 3.63) is 133 Å². The van der Waals surface area contributed by atoms with Crippen molar-refractivity contribution in [1.29, 1.82) is 0 Å². The molecule has 0 spiro atoms. The van der Waals surface area contributed by atoms with Crippen LogP contribution in [0.25, 0.3) is 76.1 Å². The third-order valence-electron chi connectivity index (χ3n) is 7.70. The molecule has 0 fully saturated rings. The molecule has 0 saturated carbocycles. The molecular formula is C36H22. The molecule has 8 aromatic rings. The van der Waals surface area contributed by atoms with Crippen LogP contribution in [0.3, 0.4) is 0 Å². The summed E-state index contributed by atoms with van der Waals surface area (Å²) in [4.78, 5) is 0. The van der Waals surface area contributed by atoms with Gasteiger partial charge in [0, 0.05) is 0 Å². The third-order valence-corrected chi connectivity index (χ3v) is 7.70. The largest absolute Gasteiger partial charge is 0.0616 e. The van der Waals surface area contributed by atoms with Gasteiger partial charge in [-0.3, -0.25) is 0 Å². The summed E-state index contributed by atoms with van der Waals surface area (Å²) >= 11 is 0. The van der Waals surface area contributed by atoms with Crippen molar-refractivity contribution in [3.8, 4) is 22.3 Å². The molecular weight excluding hydrogens is 432 g/mol. The molecule has 0 N–H and O–H groups in total. The lowest BCUT2D eigenvalue weighted by Gasteiger charge is -2.15. The molecule has 0 saturated heterocycles. The fraction of sp³-hybridized carbons (Fsp3) is 0. The summed E-state index contributed by atoms with van der Waals surface area (Å²) in [6.07, 6.45) is 0. The van der Waals surface area contributed by atoms with Crippen molar-refractivity contribution in [2.45, 2.75) is 0 Å². The molecule has 0 nitrogen and oxygen atoms in total. The molecule has 0 unspecified atom stereocenters. The van der Waals surface area contributed by atoms with E-state index in [4.69, 9.17) is 0 Å². The Morgan fingerprint density at radius 3 is 0.917 bits per heavy atom. The molecule has 0 aliphatic rings. The first-order valence-corrected chi connectivity index (χ1v) is 12.5. The van der Waals surface area contributed by atoms with Gasteiger partial charge in [0.2, 0.25) is 0 Å². The van der Waals surface area contributed by atoms with Gasteiger partial charge in [-0.2, -0.15) is 0 Å². The van der Waals surface area contributed by atoms with Crippen LogP contribution in [-0.4, -0.2) is 0 Å². The second kappa shape index (κ2) is 7.41. The standard InChI is InChI=1S/C36H22/c1-3-7-25-17-27(11-9-23(25)5-1)33-19-29-13-15-31-21-34(22-32-16-14-30(20-33)35(29)36(31)32)28-12-10-24-6-2-4-8-26(24)18-28/h1-22H. The Morgan fingerprint density at radius 2 is 0.528 bits per heavy atom. The fourth-order valence-electron chi connectivity index (χ4n) is 5.91. The molecule has 8 rings (SSSR count). The van der Waals surface area contributed by atoms with Crippen molar-refractivity contribution < 1.29 is 0 Å². The van der Waals surface area contributed by atoms with E-state index in [-0.39, 0.29) is 0 Å². The maximum atomic E-state index is 2.35. The average Bonchev–Trinajstić information content (AvgIpc) is 2.95. The van der Waals surface area contributed by atoms with Crippen LogP contribution in [0.1, 0.15) is 0 Å². The molecule has 0 heteroatoms. The SMILES string of the molecule is c1ccc2cc(-c3cc4ccc5cc(-c6ccc7ccccc7c6)cc6ccc(c3)c4c56)ccc2c1. The van der Waals surface area contributed by atoms with Crippen molar-refractivity contribution >= 4 is 53.9 Å². The summed E-state index contributed by atoms with van der Waals surface area (Å²) in [5.74, 6) is 0. The van der Waals surface area contributed by atoms with Crippen LogP contribution in [0.4, 0.5) is 0 Å². The van der Waals surface area contributed by atoms with E-state index in [1.165, 1.54) is 76.1 Å². The Bertz CT molecular complexity index is 1880. The lowest BCUT2D eigenvalue weighted by molar-refractivity contribution is 1.68. The maximum absolute atomic E-state index is 2.35. The summed E-state index contributed by atoms with van der Waals surface area (Å²) in [7, 11) is 0. The summed E-state index contributed by atoms with van der Waals surface area (Å²) in [5.41, 5.74) is 5.06. The van der Waals surface area contributed by atoms with E-state index in [1.807, 2.05) is 0 Å². The van der Waals surface area contributed by atoms with Gasteiger partial charge in [0.1, 0.15) is 0 Å². The van der Waals surface area contributed by atoms with Crippen LogP contribution >= 0.6 is 0 Å². The summed E-state index contributed by atoms with van der Waals surface area (Å²) in [6.45, 7) is 0. The van der Waals surface area contributed by atoms with Crippen LogP contribution in [0.2, 0.25) is 0 Å². The van der Waals surface area contributed by atoms with E-state index in [9.17, 15) is 0 Å². The molecule has 0 aliphatic heterocycles. The van der Waals surface area contributed by atoms with Crippen molar-refractivity contribution in [1.82, 2.24) is 0 Å². The van der Waals surface area contributed by atoms with E-state index in [2.05, 4.69) is 133 Å². The zero-order valence-electron chi connectivity index (χ0n) is 19.7. The quantitative estimate of drug-likeness (QED) is 0.228. The van der Waals surface area contributed by atoms with E-state index < -0.39 is 0 Å². The van der Waals surface area contributed by atoms with E-state index in [0.29, 0.717) is 0 Å². The second-order valence-electron chi connectivity index (χ2n) is 9.85. The Kier molecular flexibility index (Phi) is 4.03. The molecule has 0 aromatic heterocycles. The molecule has 8 aromatic carbocycles. The molecule has 0 amide bonds. The average molecular weight is 455 g/mol. The fourth-order valence-corrected chi connectivity index (χ4v) is 5.91. The van der Waals surface area contributed by atoms with Gasteiger partial charge >= 0.3 is 0 Å². The van der Waals surface area contributed by atoms with Crippen molar-refractivity contribution in [2.24, 2.45) is 0 Å². The van der Waals surface area contributed by atoms with Crippen LogP contribution in [0, 0.1) is 0 Å². The summed E-state index contributed by atoms with van der Waals surface area (Å²) < 4.78 is 0. The summed E-state index contributed by atoms with van der Waals surface area (Å²) in [5, 5.41) is 13.0. The zero-order chi connectivity index (χ0) is 23.6. The van der Waals surface area contributed by atoms with Gasteiger partial charge in [-0.25, -0.2) is 0 Å². The zero-order valence-corrected chi connectivity index (χ0v) is 19.7. The number of hydrogen-bond acceptors (Lipinski definition) is 0. The highest BCUT2D eigenvalue weighted by molar-refractivity contribution is 6.24. The molecule has 0 aliphatic carbocycles. The number of fused-ring (bicyclic) bond motifs is 2. The normalized spacial score (nSPS) is 11.9. The molecule has 0 radical (unpaired) electrons. The highest BCUT2D eigenvalue weighted by Gasteiger charge is 2.12. The molecule has 0 bridgehead atoms. The van der Waals surface area contributed by atoms with Crippen molar-refractivity contribution in [2.75, 3.05) is 0 Å². The highest BCUT2D eigenvalue weighted by atomic mass is 14.2. The summed E-state index contributed by atoms with van der Waals surface area (Å²) in [6, 6.07) is 49.2. The second-order valence-corrected chi connectivity index (χ2v) is 9.85. The van der Waals surface area contributed by atoms with E-state index >= 15 is 0 Å². The smallest absolute Gasteiger partial charge is 0.00264 e. The highest BCUT2D eigenvalue weighted by Crippen LogP contribution is 2.40. The van der Waals surface area contributed by atoms with Gasteiger partial charge in [0.15, 0.2) is 0 Å². The van der Waals surface area contributed by atoms with Gasteiger partial charge < -0.3 is 0 Å². The first-order chi connectivity index (χ1) is 17.8. The Labute approximate surface area is 209 Å². The minimum Gasteiger partial charge on any atom is -0.0616 e. The lowest BCUT2D eigenvalue weighted by atomic mass is 9.89. The van der Waals surface area contributed by atoms with Gasteiger partial charge in [0.25, 0.3) is 0 Å². The monoisotopic (exact) mass is 454 g/mol. The molecule has 36 heavy (non-hydrogen) atoms. The number of benzene rings is 8. The van der Waals surface area contributed by atoms with Crippen LogP contribution in [0.5, 0.6) is 0 Å². The van der Waals surface area contributed by atoms with Gasteiger partial charge in [-0.1, -0.05) is 97.1 Å².